The monoisotopic (exact) mass is 280 g/mol. The number of aldehydes is 1. The zero-order valence-electron chi connectivity index (χ0n) is 11.3. The van der Waals surface area contributed by atoms with Crippen LogP contribution in [0.1, 0.15) is 10.4 Å². The number of rotatable bonds is 4. The standard InChI is InChI=1S/C16H12N2O3/c1-20-14-7-3-6-13(9-14)16-18-17-15(21-16)12-5-2-4-11(8-12)10-19/h2-10H,1H3. The van der Waals surface area contributed by atoms with Crippen molar-refractivity contribution in [2.75, 3.05) is 7.11 Å². The molecule has 0 bridgehead atoms. The minimum Gasteiger partial charge on any atom is -0.497 e. The number of benzene rings is 2. The van der Waals surface area contributed by atoms with Crippen LogP contribution < -0.4 is 4.74 Å². The van der Waals surface area contributed by atoms with Gasteiger partial charge < -0.3 is 9.15 Å². The van der Waals surface area contributed by atoms with Crippen LogP contribution in [-0.4, -0.2) is 23.6 Å². The van der Waals surface area contributed by atoms with E-state index in [9.17, 15) is 4.79 Å². The van der Waals surface area contributed by atoms with Gasteiger partial charge in [-0.1, -0.05) is 18.2 Å². The fourth-order valence-electron chi connectivity index (χ4n) is 1.96. The van der Waals surface area contributed by atoms with Gasteiger partial charge in [-0.15, -0.1) is 10.2 Å². The van der Waals surface area contributed by atoms with E-state index >= 15 is 0 Å². The normalized spacial score (nSPS) is 10.3. The Morgan fingerprint density at radius 3 is 2.33 bits per heavy atom. The molecule has 0 fully saturated rings. The Bertz CT molecular complexity index is 780. The minimum atomic E-state index is 0.372. The minimum absolute atomic E-state index is 0.372. The lowest BCUT2D eigenvalue weighted by Crippen LogP contribution is -1.83. The fraction of sp³-hybridized carbons (Fsp3) is 0.0625. The van der Waals surface area contributed by atoms with E-state index < -0.39 is 0 Å². The van der Waals surface area contributed by atoms with Crippen molar-refractivity contribution >= 4 is 6.29 Å². The highest BCUT2D eigenvalue weighted by atomic mass is 16.5. The lowest BCUT2D eigenvalue weighted by Gasteiger charge is -2.00. The predicted octanol–water partition coefficient (Wildman–Crippen LogP) is 3.22. The van der Waals surface area contributed by atoms with Crippen molar-refractivity contribution in [2.24, 2.45) is 0 Å². The summed E-state index contributed by atoms with van der Waals surface area (Å²) >= 11 is 0. The van der Waals surface area contributed by atoms with Gasteiger partial charge in [-0.25, -0.2) is 0 Å². The van der Waals surface area contributed by atoms with E-state index in [1.807, 2.05) is 30.3 Å². The van der Waals surface area contributed by atoms with Gasteiger partial charge in [0.2, 0.25) is 11.8 Å². The second-order valence-corrected chi connectivity index (χ2v) is 4.39. The maximum Gasteiger partial charge on any atom is 0.248 e. The lowest BCUT2D eigenvalue weighted by atomic mass is 10.1. The van der Waals surface area contributed by atoms with Crippen LogP contribution in [-0.2, 0) is 0 Å². The largest absolute Gasteiger partial charge is 0.497 e. The molecule has 104 valence electrons. The zero-order chi connectivity index (χ0) is 14.7. The highest BCUT2D eigenvalue weighted by molar-refractivity contribution is 5.77. The molecule has 0 aliphatic heterocycles. The van der Waals surface area contributed by atoms with Crippen molar-refractivity contribution in [3.05, 3.63) is 54.1 Å². The molecule has 3 aromatic rings. The first-order valence-electron chi connectivity index (χ1n) is 6.33. The van der Waals surface area contributed by atoms with Gasteiger partial charge in [0, 0.05) is 16.7 Å². The zero-order valence-corrected chi connectivity index (χ0v) is 11.3. The molecule has 0 unspecified atom stereocenters. The van der Waals surface area contributed by atoms with Crippen molar-refractivity contribution in [1.82, 2.24) is 10.2 Å². The molecule has 0 atom stereocenters. The third-order valence-corrected chi connectivity index (χ3v) is 3.01. The molecule has 0 aliphatic rings. The number of hydrogen-bond acceptors (Lipinski definition) is 5. The van der Waals surface area contributed by atoms with E-state index in [1.54, 1.807) is 25.3 Å². The number of hydrogen-bond donors (Lipinski definition) is 0. The molecule has 1 aromatic heterocycles. The van der Waals surface area contributed by atoms with Crippen LogP contribution in [0, 0.1) is 0 Å². The van der Waals surface area contributed by atoms with Crippen LogP contribution in [0.4, 0.5) is 0 Å². The number of nitrogens with zero attached hydrogens (tertiary/aromatic N) is 2. The molecule has 3 rings (SSSR count). The van der Waals surface area contributed by atoms with E-state index in [0.29, 0.717) is 22.9 Å². The summed E-state index contributed by atoms with van der Waals surface area (Å²) in [4.78, 5) is 10.8. The quantitative estimate of drug-likeness (QED) is 0.686. The van der Waals surface area contributed by atoms with E-state index in [-0.39, 0.29) is 0 Å². The van der Waals surface area contributed by atoms with E-state index in [4.69, 9.17) is 9.15 Å². The molecule has 0 saturated carbocycles. The molecule has 1 heterocycles. The summed E-state index contributed by atoms with van der Waals surface area (Å²) in [6.45, 7) is 0. The molecule has 0 amide bonds. The molecule has 21 heavy (non-hydrogen) atoms. The maximum absolute atomic E-state index is 10.8. The Labute approximate surface area is 121 Å². The average Bonchev–Trinajstić information content (AvgIpc) is 3.05. The molecule has 2 aromatic carbocycles. The lowest BCUT2D eigenvalue weighted by molar-refractivity contribution is 0.112. The summed E-state index contributed by atoms with van der Waals surface area (Å²) in [6.07, 6.45) is 0.781. The van der Waals surface area contributed by atoms with Crippen molar-refractivity contribution in [1.29, 1.82) is 0 Å². The number of carbonyl (C=O) groups is 1. The second kappa shape index (κ2) is 5.58. The van der Waals surface area contributed by atoms with Gasteiger partial charge in [-0.05, 0) is 30.3 Å². The third-order valence-electron chi connectivity index (χ3n) is 3.01. The first kappa shape index (κ1) is 13.1. The highest BCUT2D eigenvalue weighted by Crippen LogP contribution is 2.26. The number of carbonyl (C=O) groups excluding carboxylic acids is 1. The van der Waals surface area contributed by atoms with Gasteiger partial charge in [-0.2, -0.15) is 0 Å². The molecule has 0 saturated heterocycles. The summed E-state index contributed by atoms with van der Waals surface area (Å²) < 4.78 is 10.8. The molecule has 5 heteroatoms. The van der Waals surface area contributed by atoms with Gasteiger partial charge in [0.05, 0.1) is 7.11 Å². The Balaban J connectivity index is 1.97. The van der Waals surface area contributed by atoms with E-state index in [2.05, 4.69) is 10.2 Å². The first-order valence-corrected chi connectivity index (χ1v) is 6.33. The fourth-order valence-corrected chi connectivity index (χ4v) is 1.96. The molecular formula is C16H12N2O3. The van der Waals surface area contributed by atoms with Crippen LogP contribution in [0.25, 0.3) is 22.9 Å². The summed E-state index contributed by atoms with van der Waals surface area (Å²) in [5, 5.41) is 8.05. The van der Waals surface area contributed by atoms with Crippen LogP contribution in [0.2, 0.25) is 0 Å². The first-order chi connectivity index (χ1) is 10.3. The molecule has 0 aliphatic carbocycles. The maximum atomic E-state index is 10.8. The van der Waals surface area contributed by atoms with Gasteiger partial charge in [0.15, 0.2) is 0 Å². The summed E-state index contributed by atoms with van der Waals surface area (Å²) in [5.41, 5.74) is 2.05. The van der Waals surface area contributed by atoms with Gasteiger partial charge in [0.25, 0.3) is 0 Å². The highest BCUT2D eigenvalue weighted by Gasteiger charge is 2.11. The topological polar surface area (TPSA) is 65.2 Å². The van der Waals surface area contributed by atoms with Crippen molar-refractivity contribution in [2.45, 2.75) is 0 Å². The molecule has 0 N–H and O–H groups in total. The number of ether oxygens (including phenoxy) is 1. The van der Waals surface area contributed by atoms with Crippen molar-refractivity contribution in [3.63, 3.8) is 0 Å². The van der Waals surface area contributed by atoms with Gasteiger partial charge in [0.1, 0.15) is 12.0 Å². The van der Waals surface area contributed by atoms with Crippen LogP contribution >= 0.6 is 0 Å². The summed E-state index contributed by atoms with van der Waals surface area (Å²) in [7, 11) is 1.60. The number of methoxy groups -OCH3 is 1. The van der Waals surface area contributed by atoms with Crippen LogP contribution in [0.5, 0.6) is 5.75 Å². The molecular weight excluding hydrogens is 268 g/mol. The van der Waals surface area contributed by atoms with Gasteiger partial charge in [-0.3, -0.25) is 4.79 Å². The van der Waals surface area contributed by atoms with Crippen LogP contribution in [0.15, 0.2) is 52.9 Å². The SMILES string of the molecule is COc1cccc(-c2nnc(-c3cccc(C=O)c3)o2)c1. The van der Waals surface area contributed by atoms with E-state index in [0.717, 1.165) is 17.6 Å². The molecule has 0 radical (unpaired) electrons. The Morgan fingerprint density at radius 2 is 1.67 bits per heavy atom. The summed E-state index contributed by atoms with van der Waals surface area (Å²) in [5.74, 6) is 1.49. The smallest absolute Gasteiger partial charge is 0.248 e. The van der Waals surface area contributed by atoms with Crippen LogP contribution in [0.3, 0.4) is 0 Å². The molecule has 0 spiro atoms. The Morgan fingerprint density at radius 1 is 1.00 bits per heavy atom. The number of aromatic nitrogens is 2. The van der Waals surface area contributed by atoms with Crippen molar-refractivity contribution in [3.8, 4) is 28.7 Å². The Kier molecular flexibility index (Phi) is 3.47. The molecule has 5 nitrogen and oxygen atoms in total. The summed E-state index contributed by atoms with van der Waals surface area (Å²) in [6, 6.07) is 14.4. The van der Waals surface area contributed by atoms with Gasteiger partial charge >= 0.3 is 0 Å². The van der Waals surface area contributed by atoms with Crippen molar-refractivity contribution < 1.29 is 13.9 Å². The Hall–Kier alpha value is -2.95. The second-order valence-electron chi connectivity index (χ2n) is 4.39. The third kappa shape index (κ3) is 2.67. The van der Waals surface area contributed by atoms with E-state index in [1.165, 1.54) is 0 Å². The predicted molar refractivity (Wildman–Crippen MR) is 77.1 cm³/mol. The average molecular weight is 280 g/mol.